The normalized spacial score (nSPS) is 10.4. The maximum Gasteiger partial charge on any atom is 0.305 e. The number of nitrogens with two attached hydrogens (primary N) is 1. The molecule has 0 aliphatic carbocycles. The fraction of sp³-hybridized carbons (Fsp3) is 0.176. The lowest BCUT2D eigenvalue weighted by atomic mass is 10.1. The third kappa shape index (κ3) is 4.38. The summed E-state index contributed by atoms with van der Waals surface area (Å²) in [4.78, 5) is 34.5. The molecule has 0 heterocycles. The van der Waals surface area contributed by atoms with Crippen molar-refractivity contribution in [2.75, 3.05) is 6.54 Å². The molecule has 26 heavy (non-hydrogen) atoms. The van der Waals surface area contributed by atoms with Crippen LogP contribution in [0.1, 0.15) is 22.3 Å². The number of rotatable bonds is 7. The summed E-state index contributed by atoms with van der Waals surface area (Å²) in [7, 11) is 0. The molecule has 136 valence electrons. The van der Waals surface area contributed by atoms with Gasteiger partial charge in [-0.3, -0.25) is 19.7 Å². The molecule has 0 radical (unpaired) electrons. The molecule has 0 unspecified atom stereocenters. The van der Waals surface area contributed by atoms with Crippen molar-refractivity contribution in [1.29, 1.82) is 0 Å². The van der Waals surface area contributed by atoms with Crippen LogP contribution in [0.25, 0.3) is 0 Å². The van der Waals surface area contributed by atoms with E-state index in [-0.39, 0.29) is 19.5 Å². The van der Waals surface area contributed by atoms with Gasteiger partial charge in [0.25, 0.3) is 5.91 Å². The standard InChI is InChI=1S/C17H15F2N3O4/c18-12-6-7-13(22(25)26)16(19)15(12)17(24)21(9-8-14(20)23)10-11-4-2-1-3-5-11/h1-7H,8-10H2,(H2,20,23). The molecule has 0 saturated carbocycles. The molecule has 2 rings (SSSR count). The van der Waals surface area contributed by atoms with Gasteiger partial charge < -0.3 is 10.6 Å². The second-order valence-corrected chi connectivity index (χ2v) is 5.44. The second-order valence-electron chi connectivity index (χ2n) is 5.44. The highest BCUT2D eigenvalue weighted by Gasteiger charge is 2.29. The number of primary amides is 1. The minimum Gasteiger partial charge on any atom is -0.370 e. The summed E-state index contributed by atoms with van der Waals surface area (Å²) >= 11 is 0. The lowest BCUT2D eigenvalue weighted by molar-refractivity contribution is -0.387. The van der Waals surface area contributed by atoms with Crippen molar-refractivity contribution in [2.45, 2.75) is 13.0 Å². The third-order valence-corrected chi connectivity index (χ3v) is 3.61. The summed E-state index contributed by atoms with van der Waals surface area (Å²) in [6, 6.07) is 9.84. The van der Waals surface area contributed by atoms with Gasteiger partial charge in [0.2, 0.25) is 11.7 Å². The van der Waals surface area contributed by atoms with Crippen molar-refractivity contribution >= 4 is 17.5 Å². The van der Waals surface area contributed by atoms with Crippen LogP contribution in [0.2, 0.25) is 0 Å². The van der Waals surface area contributed by atoms with Crippen LogP contribution in [0, 0.1) is 21.7 Å². The molecular weight excluding hydrogens is 348 g/mol. The molecule has 0 aliphatic heterocycles. The monoisotopic (exact) mass is 363 g/mol. The van der Waals surface area contributed by atoms with E-state index in [4.69, 9.17) is 5.73 Å². The van der Waals surface area contributed by atoms with Crippen LogP contribution in [0.15, 0.2) is 42.5 Å². The zero-order valence-electron chi connectivity index (χ0n) is 13.5. The lowest BCUT2D eigenvalue weighted by Gasteiger charge is -2.23. The Morgan fingerprint density at radius 2 is 1.77 bits per heavy atom. The van der Waals surface area contributed by atoms with E-state index >= 15 is 0 Å². The highest BCUT2D eigenvalue weighted by molar-refractivity contribution is 5.95. The summed E-state index contributed by atoms with van der Waals surface area (Å²) in [6.07, 6.45) is -0.225. The Labute approximate surface area is 147 Å². The van der Waals surface area contributed by atoms with Gasteiger partial charge in [0.05, 0.1) is 4.92 Å². The molecule has 2 amide bonds. The maximum absolute atomic E-state index is 14.3. The molecule has 0 aliphatic rings. The zero-order valence-corrected chi connectivity index (χ0v) is 13.5. The lowest BCUT2D eigenvalue weighted by Crippen LogP contribution is -2.34. The van der Waals surface area contributed by atoms with E-state index < -0.39 is 39.6 Å². The number of hydrogen-bond donors (Lipinski definition) is 1. The molecule has 7 nitrogen and oxygen atoms in total. The van der Waals surface area contributed by atoms with Gasteiger partial charge in [-0.1, -0.05) is 30.3 Å². The van der Waals surface area contributed by atoms with E-state index in [0.717, 1.165) is 4.90 Å². The number of benzene rings is 2. The summed E-state index contributed by atoms with van der Waals surface area (Å²) in [6.45, 7) is -0.237. The Bertz CT molecular complexity index is 843. The van der Waals surface area contributed by atoms with Crippen molar-refractivity contribution in [1.82, 2.24) is 4.90 Å². The highest BCUT2D eigenvalue weighted by Crippen LogP contribution is 2.25. The van der Waals surface area contributed by atoms with Gasteiger partial charge in [0.1, 0.15) is 11.4 Å². The summed E-state index contributed by atoms with van der Waals surface area (Å²) < 4.78 is 28.4. The van der Waals surface area contributed by atoms with Crippen LogP contribution in [-0.2, 0) is 11.3 Å². The van der Waals surface area contributed by atoms with Gasteiger partial charge in [-0.25, -0.2) is 4.39 Å². The summed E-state index contributed by atoms with van der Waals surface area (Å²) in [5.41, 5.74) is 3.68. The molecule has 2 N–H and O–H groups in total. The number of carbonyl (C=O) groups excluding carboxylic acids is 2. The minimum atomic E-state index is -1.56. The summed E-state index contributed by atoms with van der Waals surface area (Å²) in [5.74, 6) is -4.59. The largest absolute Gasteiger partial charge is 0.370 e. The Morgan fingerprint density at radius 1 is 1.12 bits per heavy atom. The number of amides is 2. The molecule has 0 atom stereocenters. The second kappa shape index (κ2) is 8.15. The summed E-state index contributed by atoms with van der Waals surface area (Å²) in [5, 5.41) is 10.8. The van der Waals surface area contributed by atoms with Crippen LogP contribution >= 0.6 is 0 Å². The van der Waals surface area contributed by atoms with Gasteiger partial charge in [-0.2, -0.15) is 4.39 Å². The molecule has 2 aromatic carbocycles. The van der Waals surface area contributed by atoms with Crippen molar-refractivity contribution in [2.24, 2.45) is 5.73 Å². The van der Waals surface area contributed by atoms with Crippen LogP contribution in [0.4, 0.5) is 14.5 Å². The number of nitro benzene ring substituents is 1. The number of halogens is 2. The molecule has 0 fully saturated rings. The third-order valence-electron chi connectivity index (χ3n) is 3.61. The first-order valence-electron chi connectivity index (χ1n) is 7.55. The average molecular weight is 363 g/mol. The number of hydrogen-bond acceptors (Lipinski definition) is 4. The maximum atomic E-state index is 14.3. The number of nitrogens with zero attached hydrogens (tertiary/aromatic N) is 2. The SMILES string of the molecule is NC(=O)CCN(Cc1ccccc1)C(=O)c1c(F)ccc([N+](=O)[O-])c1F. The molecule has 2 aromatic rings. The zero-order chi connectivity index (χ0) is 19.3. The number of carbonyl (C=O) groups is 2. The van der Waals surface area contributed by atoms with Crippen molar-refractivity contribution in [3.8, 4) is 0 Å². The average Bonchev–Trinajstić information content (AvgIpc) is 2.58. The number of nitro groups is 1. The molecule has 0 saturated heterocycles. The van der Waals surface area contributed by atoms with E-state index in [1.165, 1.54) is 0 Å². The first-order valence-corrected chi connectivity index (χ1v) is 7.55. The molecule has 0 aromatic heterocycles. The topological polar surface area (TPSA) is 107 Å². The predicted octanol–water partition coefficient (Wildman–Crippen LogP) is 2.39. The quantitative estimate of drug-likeness (QED) is 0.602. The molecule has 0 bridgehead atoms. The van der Waals surface area contributed by atoms with E-state index in [2.05, 4.69) is 0 Å². The first-order chi connectivity index (χ1) is 12.3. The highest BCUT2D eigenvalue weighted by atomic mass is 19.1. The van der Waals surface area contributed by atoms with Gasteiger partial charge >= 0.3 is 5.69 Å². The van der Waals surface area contributed by atoms with Gasteiger partial charge in [0.15, 0.2) is 0 Å². The molecular formula is C17H15F2N3O4. The Morgan fingerprint density at radius 3 is 2.35 bits per heavy atom. The van der Waals surface area contributed by atoms with Crippen LogP contribution in [0.5, 0.6) is 0 Å². The van der Waals surface area contributed by atoms with Crippen molar-refractivity contribution < 1.29 is 23.3 Å². The van der Waals surface area contributed by atoms with Crippen LogP contribution in [0.3, 0.4) is 0 Å². The Hall–Kier alpha value is -3.36. The van der Waals surface area contributed by atoms with Crippen molar-refractivity contribution in [3.63, 3.8) is 0 Å². The van der Waals surface area contributed by atoms with Crippen LogP contribution < -0.4 is 5.73 Å². The first kappa shape index (κ1) is 19.0. The van der Waals surface area contributed by atoms with Gasteiger partial charge in [-0.05, 0) is 11.6 Å². The fourth-order valence-corrected chi connectivity index (χ4v) is 2.34. The fourth-order valence-electron chi connectivity index (χ4n) is 2.34. The van der Waals surface area contributed by atoms with E-state index in [1.807, 2.05) is 0 Å². The molecule has 0 spiro atoms. The van der Waals surface area contributed by atoms with Gasteiger partial charge in [0, 0.05) is 25.6 Å². The minimum absolute atomic E-state index is 0.0471. The Balaban J connectivity index is 2.41. The smallest absolute Gasteiger partial charge is 0.305 e. The Kier molecular flexibility index (Phi) is 5.94. The van der Waals surface area contributed by atoms with E-state index in [1.54, 1.807) is 30.3 Å². The molecule has 9 heteroatoms. The van der Waals surface area contributed by atoms with Gasteiger partial charge in [-0.15, -0.1) is 0 Å². The van der Waals surface area contributed by atoms with Crippen LogP contribution in [-0.4, -0.2) is 28.2 Å². The van der Waals surface area contributed by atoms with E-state index in [9.17, 15) is 28.5 Å². The predicted molar refractivity (Wildman–Crippen MR) is 88.0 cm³/mol. The van der Waals surface area contributed by atoms with E-state index in [0.29, 0.717) is 17.7 Å². The van der Waals surface area contributed by atoms with Crippen molar-refractivity contribution in [3.05, 3.63) is 75.3 Å².